The highest BCUT2D eigenvalue weighted by Crippen LogP contribution is 2.18. The molecule has 2 nitrogen and oxygen atoms in total. The van der Waals surface area contributed by atoms with Crippen LogP contribution in [0.3, 0.4) is 0 Å². The van der Waals surface area contributed by atoms with Gasteiger partial charge >= 0.3 is 0 Å². The molecule has 1 aromatic carbocycles. The van der Waals surface area contributed by atoms with Crippen LogP contribution in [0, 0.1) is 13.8 Å². The van der Waals surface area contributed by atoms with Crippen molar-refractivity contribution in [1.82, 2.24) is 5.32 Å². The van der Waals surface area contributed by atoms with Gasteiger partial charge in [0.2, 0.25) is 0 Å². The molecule has 0 aromatic heterocycles. The first-order valence-corrected chi connectivity index (χ1v) is 6.88. The molecule has 0 saturated heterocycles. The van der Waals surface area contributed by atoms with Gasteiger partial charge in [0.25, 0.3) is 0 Å². The fraction of sp³-hybridized carbons (Fsp3) is 0.529. The van der Waals surface area contributed by atoms with Crippen LogP contribution in [0.4, 0.5) is 5.69 Å². The fourth-order valence-corrected chi connectivity index (χ4v) is 2.04. The summed E-state index contributed by atoms with van der Waals surface area (Å²) in [6.45, 7) is 16.7. The lowest BCUT2D eigenvalue weighted by Gasteiger charge is -2.25. The molecule has 1 rings (SSSR count). The molecule has 0 amide bonds. The average molecular weight is 260 g/mol. The summed E-state index contributed by atoms with van der Waals surface area (Å²) in [7, 11) is 2.12. The quantitative estimate of drug-likeness (QED) is 0.812. The summed E-state index contributed by atoms with van der Waals surface area (Å²) in [5, 5.41) is 3.48. The topological polar surface area (TPSA) is 15.3 Å². The maximum Gasteiger partial charge on any atom is 0.0395 e. The first-order chi connectivity index (χ1) is 8.67. The highest BCUT2D eigenvalue weighted by molar-refractivity contribution is 5.51. The number of rotatable bonds is 5. The number of anilines is 1. The molecule has 0 aliphatic carbocycles. The van der Waals surface area contributed by atoms with E-state index in [9.17, 15) is 0 Å². The molecule has 0 atom stereocenters. The van der Waals surface area contributed by atoms with Crippen LogP contribution < -0.4 is 10.2 Å². The normalized spacial score (nSPS) is 11.5. The van der Waals surface area contributed by atoms with Crippen LogP contribution in [0.2, 0.25) is 0 Å². The summed E-state index contributed by atoms with van der Waals surface area (Å²) in [4.78, 5) is 2.26. The molecule has 19 heavy (non-hydrogen) atoms. The van der Waals surface area contributed by atoms with Gasteiger partial charge < -0.3 is 10.2 Å². The predicted molar refractivity (Wildman–Crippen MR) is 86.1 cm³/mol. The molecular formula is C17H28N2. The lowest BCUT2D eigenvalue weighted by molar-refractivity contribution is 0.443. The molecule has 0 aliphatic heterocycles. The SMILES string of the molecule is C=C(CNC(C)(C)C)CN(C)c1cc(C)cc(C)c1. The zero-order chi connectivity index (χ0) is 14.6. The molecule has 1 N–H and O–H groups in total. The van der Waals surface area contributed by atoms with Gasteiger partial charge in [-0.3, -0.25) is 0 Å². The Labute approximate surface area is 118 Å². The highest BCUT2D eigenvalue weighted by atomic mass is 15.1. The Balaban J connectivity index is 2.59. The number of hydrogen-bond donors (Lipinski definition) is 1. The van der Waals surface area contributed by atoms with E-state index >= 15 is 0 Å². The van der Waals surface area contributed by atoms with Crippen molar-refractivity contribution in [3.05, 3.63) is 41.5 Å². The maximum atomic E-state index is 4.16. The molecule has 0 bridgehead atoms. The monoisotopic (exact) mass is 260 g/mol. The smallest absolute Gasteiger partial charge is 0.0395 e. The standard InChI is InChI=1S/C17H28N2/c1-13-8-14(2)10-16(9-13)19(7)12-15(3)11-18-17(4,5)6/h8-10,18H,3,11-12H2,1-2,4-7H3. The van der Waals surface area contributed by atoms with Gasteiger partial charge in [0.15, 0.2) is 0 Å². The molecule has 0 saturated carbocycles. The van der Waals surface area contributed by atoms with Crippen molar-refractivity contribution in [2.45, 2.75) is 40.2 Å². The van der Waals surface area contributed by atoms with Crippen molar-refractivity contribution in [2.24, 2.45) is 0 Å². The van der Waals surface area contributed by atoms with Crippen LogP contribution in [0.1, 0.15) is 31.9 Å². The van der Waals surface area contributed by atoms with Gasteiger partial charge in [0.1, 0.15) is 0 Å². The molecule has 0 fully saturated rings. The number of benzene rings is 1. The van der Waals surface area contributed by atoms with E-state index in [1.807, 2.05) is 0 Å². The number of hydrogen-bond acceptors (Lipinski definition) is 2. The number of nitrogens with one attached hydrogen (secondary N) is 1. The summed E-state index contributed by atoms with van der Waals surface area (Å²) in [5.41, 5.74) is 5.22. The summed E-state index contributed by atoms with van der Waals surface area (Å²) in [6, 6.07) is 6.64. The van der Waals surface area contributed by atoms with Crippen LogP contribution in [-0.2, 0) is 0 Å². The van der Waals surface area contributed by atoms with Gasteiger partial charge in [-0.2, -0.15) is 0 Å². The zero-order valence-electron chi connectivity index (χ0n) is 13.3. The zero-order valence-corrected chi connectivity index (χ0v) is 13.3. The molecule has 0 heterocycles. The second-order valence-electron chi connectivity index (χ2n) is 6.56. The summed E-state index contributed by atoms with van der Waals surface area (Å²) in [6.07, 6.45) is 0. The van der Waals surface area contributed by atoms with Crippen molar-refractivity contribution in [1.29, 1.82) is 0 Å². The summed E-state index contributed by atoms with van der Waals surface area (Å²) < 4.78 is 0. The Morgan fingerprint density at radius 1 is 1.16 bits per heavy atom. The molecular weight excluding hydrogens is 232 g/mol. The van der Waals surface area contributed by atoms with Crippen LogP contribution in [-0.4, -0.2) is 25.7 Å². The van der Waals surface area contributed by atoms with Gasteiger partial charge in [-0.1, -0.05) is 12.6 Å². The van der Waals surface area contributed by atoms with Crippen LogP contribution >= 0.6 is 0 Å². The van der Waals surface area contributed by atoms with Crippen molar-refractivity contribution in [3.8, 4) is 0 Å². The predicted octanol–water partition coefficient (Wildman–Crippen LogP) is 3.68. The number of nitrogens with zero attached hydrogens (tertiary/aromatic N) is 1. The highest BCUT2D eigenvalue weighted by Gasteiger charge is 2.10. The lowest BCUT2D eigenvalue weighted by atomic mass is 10.1. The van der Waals surface area contributed by atoms with Crippen molar-refractivity contribution in [2.75, 3.05) is 25.0 Å². The Morgan fingerprint density at radius 3 is 2.16 bits per heavy atom. The van der Waals surface area contributed by atoms with Gasteiger partial charge in [-0.05, 0) is 63.5 Å². The lowest BCUT2D eigenvalue weighted by Crippen LogP contribution is -2.38. The van der Waals surface area contributed by atoms with Crippen LogP contribution in [0.25, 0.3) is 0 Å². The van der Waals surface area contributed by atoms with Gasteiger partial charge in [-0.25, -0.2) is 0 Å². The number of likely N-dealkylation sites (N-methyl/N-ethyl adjacent to an activating group) is 1. The first-order valence-electron chi connectivity index (χ1n) is 6.88. The summed E-state index contributed by atoms with van der Waals surface area (Å²) >= 11 is 0. The minimum absolute atomic E-state index is 0.140. The minimum atomic E-state index is 0.140. The largest absolute Gasteiger partial charge is 0.371 e. The first kappa shape index (κ1) is 15.8. The Kier molecular flexibility index (Phi) is 5.19. The van der Waals surface area contributed by atoms with Gasteiger partial charge in [0, 0.05) is 31.4 Å². The van der Waals surface area contributed by atoms with Crippen molar-refractivity contribution in [3.63, 3.8) is 0 Å². The third kappa shape index (κ3) is 5.93. The van der Waals surface area contributed by atoms with Crippen LogP contribution in [0.15, 0.2) is 30.4 Å². The van der Waals surface area contributed by atoms with E-state index in [-0.39, 0.29) is 5.54 Å². The Bertz CT molecular complexity index is 421. The van der Waals surface area contributed by atoms with E-state index in [1.54, 1.807) is 0 Å². The van der Waals surface area contributed by atoms with E-state index in [0.29, 0.717) is 0 Å². The fourth-order valence-electron chi connectivity index (χ4n) is 2.04. The molecule has 0 spiro atoms. The van der Waals surface area contributed by atoms with Crippen molar-refractivity contribution < 1.29 is 0 Å². The van der Waals surface area contributed by atoms with Crippen molar-refractivity contribution >= 4 is 5.69 Å². The molecule has 0 radical (unpaired) electrons. The maximum absolute atomic E-state index is 4.16. The molecule has 0 unspecified atom stereocenters. The van der Waals surface area contributed by atoms with Gasteiger partial charge in [-0.15, -0.1) is 0 Å². The Morgan fingerprint density at radius 2 is 1.68 bits per heavy atom. The third-order valence-corrected chi connectivity index (χ3v) is 2.98. The third-order valence-electron chi connectivity index (χ3n) is 2.98. The van der Waals surface area contributed by atoms with E-state index < -0.39 is 0 Å². The minimum Gasteiger partial charge on any atom is -0.371 e. The summed E-state index contributed by atoms with van der Waals surface area (Å²) in [5.74, 6) is 0. The van der Waals surface area contributed by atoms with E-state index in [1.165, 1.54) is 22.4 Å². The number of aryl methyl sites for hydroxylation is 2. The molecule has 106 valence electrons. The van der Waals surface area contributed by atoms with Gasteiger partial charge in [0.05, 0.1) is 0 Å². The molecule has 2 heteroatoms. The second kappa shape index (κ2) is 6.25. The van der Waals surface area contributed by atoms with Crippen LogP contribution in [0.5, 0.6) is 0 Å². The molecule has 1 aromatic rings. The van der Waals surface area contributed by atoms with E-state index in [0.717, 1.165) is 13.1 Å². The van der Waals surface area contributed by atoms with E-state index in [2.05, 4.69) is 76.7 Å². The van der Waals surface area contributed by atoms with E-state index in [4.69, 9.17) is 0 Å². The Hall–Kier alpha value is -1.28. The second-order valence-corrected chi connectivity index (χ2v) is 6.56. The molecule has 0 aliphatic rings. The average Bonchev–Trinajstić information content (AvgIpc) is 2.24.